The summed E-state index contributed by atoms with van der Waals surface area (Å²) in [7, 11) is 0. The summed E-state index contributed by atoms with van der Waals surface area (Å²) >= 11 is 0. The monoisotopic (exact) mass is 428 g/mol. The van der Waals surface area contributed by atoms with Gasteiger partial charge in [-0.05, 0) is 56.7 Å². The summed E-state index contributed by atoms with van der Waals surface area (Å²) in [5.74, 6) is -1.01. The second-order valence-corrected chi connectivity index (χ2v) is 9.51. The van der Waals surface area contributed by atoms with Crippen molar-refractivity contribution < 1.29 is 14.7 Å². The zero-order valence-electron chi connectivity index (χ0n) is 19.3. The van der Waals surface area contributed by atoms with Crippen LogP contribution in [0.2, 0.25) is 0 Å². The second-order valence-electron chi connectivity index (χ2n) is 9.51. The van der Waals surface area contributed by atoms with Crippen LogP contribution in [0.1, 0.15) is 84.5 Å². The van der Waals surface area contributed by atoms with Gasteiger partial charge in [-0.25, -0.2) is 0 Å². The number of carboxylic acid groups (broad SMARTS) is 1. The normalized spacial score (nSPS) is 25.6. The van der Waals surface area contributed by atoms with Crippen LogP contribution in [0.3, 0.4) is 0 Å². The highest BCUT2D eigenvalue weighted by atomic mass is 16.4. The third-order valence-corrected chi connectivity index (χ3v) is 7.44. The van der Waals surface area contributed by atoms with Gasteiger partial charge in [-0.1, -0.05) is 64.2 Å². The van der Waals surface area contributed by atoms with Gasteiger partial charge in [-0.3, -0.25) is 14.5 Å². The highest BCUT2D eigenvalue weighted by Gasteiger charge is 2.38. The number of carboxylic acids is 1. The lowest BCUT2D eigenvalue weighted by Gasteiger charge is -2.47. The topological polar surface area (TPSA) is 60.9 Å². The summed E-state index contributed by atoms with van der Waals surface area (Å²) in [6, 6.07) is 10.8. The van der Waals surface area contributed by atoms with Crippen molar-refractivity contribution in [3.05, 3.63) is 30.3 Å². The van der Waals surface area contributed by atoms with Gasteiger partial charge in [0.15, 0.2) is 0 Å². The van der Waals surface area contributed by atoms with Gasteiger partial charge >= 0.3 is 5.97 Å². The molecule has 0 aliphatic heterocycles. The van der Waals surface area contributed by atoms with Crippen molar-refractivity contribution in [2.24, 2.45) is 5.92 Å². The van der Waals surface area contributed by atoms with Crippen LogP contribution in [0.4, 0.5) is 5.69 Å². The summed E-state index contributed by atoms with van der Waals surface area (Å²) in [6.45, 7) is 5.54. The van der Waals surface area contributed by atoms with Crippen molar-refractivity contribution >= 4 is 17.6 Å². The number of anilines is 1. The largest absolute Gasteiger partial charge is 0.481 e. The highest BCUT2D eigenvalue weighted by molar-refractivity contribution is 6.03. The molecule has 2 aliphatic rings. The van der Waals surface area contributed by atoms with E-state index in [4.69, 9.17) is 0 Å². The van der Waals surface area contributed by atoms with Gasteiger partial charge in [0.25, 0.3) is 0 Å². The summed E-state index contributed by atoms with van der Waals surface area (Å²) in [5, 5.41) is 9.29. The van der Waals surface area contributed by atoms with Crippen LogP contribution in [0.5, 0.6) is 0 Å². The number of para-hydroxylation sites is 1. The molecule has 1 aromatic rings. The molecule has 1 N–H and O–H groups in total. The Morgan fingerprint density at radius 2 is 1.58 bits per heavy atom. The van der Waals surface area contributed by atoms with E-state index in [1.54, 1.807) is 4.90 Å². The molecule has 0 spiro atoms. The van der Waals surface area contributed by atoms with Gasteiger partial charge < -0.3 is 10.0 Å². The smallest absolute Gasteiger partial charge is 0.312 e. The van der Waals surface area contributed by atoms with E-state index in [2.05, 4.69) is 18.7 Å². The Kier molecular flexibility index (Phi) is 8.94. The number of hydrogen-bond acceptors (Lipinski definition) is 3. The van der Waals surface area contributed by atoms with E-state index in [1.807, 2.05) is 30.3 Å². The fourth-order valence-electron chi connectivity index (χ4n) is 5.84. The zero-order valence-corrected chi connectivity index (χ0v) is 19.3. The molecular weight excluding hydrogens is 388 g/mol. The third kappa shape index (κ3) is 6.31. The predicted octanol–water partition coefficient (Wildman–Crippen LogP) is 5.49. The molecular formula is C26H40N2O3. The lowest BCUT2D eigenvalue weighted by molar-refractivity contribution is -0.140. The summed E-state index contributed by atoms with van der Waals surface area (Å²) in [4.78, 5) is 28.9. The Bertz CT molecular complexity index is 700. The molecule has 0 heterocycles. The molecule has 2 aliphatic carbocycles. The molecule has 3 atom stereocenters. The van der Waals surface area contributed by atoms with Gasteiger partial charge in [0.1, 0.15) is 6.42 Å². The first kappa shape index (κ1) is 23.8. The van der Waals surface area contributed by atoms with Crippen LogP contribution >= 0.6 is 0 Å². The van der Waals surface area contributed by atoms with Crippen molar-refractivity contribution in [3.8, 4) is 0 Å². The van der Waals surface area contributed by atoms with E-state index < -0.39 is 12.4 Å². The van der Waals surface area contributed by atoms with E-state index in [1.165, 1.54) is 44.9 Å². The Morgan fingerprint density at radius 1 is 0.935 bits per heavy atom. The molecule has 0 radical (unpaired) electrons. The zero-order chi connectivity index (χ0) is 22.2. The molecule has 3 unspecified atom stereocenters. The van der Waals surface area contributed by atoms with Crippen molar-refractivity contribution in [3.63, 3.8) is 0 Å². The molecule has 5 heteroatoms. The maximum Gasteiger partial charge on any atom is 0.312 e. The highest BCUT2D eigenvalue weighted by Crippen LogP contribution is 2.36. The number of carbonyl (C=O) groups excluding carboxylic acids is 1. The van der Waals surface area contributed by atoms with Crippen molar-refractivity contribution in [2.45, 2.75) is 103 Å². The Balaban J connectivity index is 1.82. The maximum atomic E-state index is 13.1. The molecule has 5 nitrogen and oxygen atoms in total. The first-order valence-electron chi connectivity index (χ1n) is 12.4. The van der Waals surface area contributed by atoms with Gasteiger partial charge in [0, 0.05) is 23.8 Å². The van der Waals surface area contributed by atoms with Gasteiger partial charge in [-0.2, -0.15) is 0 Å². The molecule has 3 rings (SSSR count). The quantitative estimate of drug-likeness (QED) is 0.584. The molecule has 0 aromatic heterocycles. The van der Waals surface area contributed by atoms with Crippen LogP contribution in [0, 0.1) is 5.92 Å². The SMILES string of the molecule is CCN(C1CCCCCCC1)C1CCC(C)C(N(C(=O)CC(=O)O)c2ccccc2)C1. The molecule has 2 saturated carbocycles. The van der Waals surface area contributed by atoms with Crippen molar-refractivity contribution in [1.29, 1.82) is 0 Å². The Labute approximate surface area is 187 Å². The maximum absolute atomic E-state index is 13.1. The second kappa shape index (κ2) is 11.7. The van der Waals surface area contributed by atoms with E-state index in [-0.39, 0.29) is 11.9 Å². The van der Waals surface area contributed by atoms with Crippen LogP contribution in [0.25, 0.3) is 0 Å². The molecule has 172 valence electrons. The number of rotatable bonds is 7. The summed E-state index contributed by atoms with van der Waals surface area (Å²) in [5.41, 5.74) is 0.820. The lowest BCUT2D eigenvalue weighted by atomic mass is 9.80. The molecule has 1 aromatic carbocycles. The first-order valence-corrected chi connectivity index (χ1v) is 12.4. The van der Waals surface area contributed by atoms with Crippen LogP contribution < -0.4 is 4.90 Å². The van der Waals surface area contributed by atoms with Gasteiger partial charge in [0.2, 0.25) is 5.91 Å². The number of carbonyl (C=O) groups is 2. The third-order valence-electron chi connectivity index (χ3n) is 7.44. The average Bonchev–Trinajstić information content (AvgIpc) is 2.72. The lowest BCUT2D eigenvalue weighted by Crippen LogP contribution is -2.54. The van der Waals surface area contributed by atoms with E-state index >= 15 is 0 Å². The van der Waals surface area contributed by atoms with Crippen LogP contribution in [-0.4, -0.2) is 46.6 Å². The van der Waals surface area contributed by atoms with Crippen LogP contribution in [0.15, 0.2) is 30.3 Å². The number of aliphatic carboxylic acids is 1. The molecule has 2 fully saturated rings. The predicted molar refractivity (Wildman–Crippen MR) is 125 cm³/mol. The average molecular weight is 429 g/mol. The number of nitrogens with zero attached hydrogens (tertiary/aromatic N) is 2. The van der Waals surface area contributed by atoms with E-state index in [9.17, 15) is 14.7 Å². The van der Waals surface area contributed by atoms with Gasteiger partial charge in [-0.15, -0.1) is 0 Å². The minimum Gasteiger partial charge on any atom is -0.481 e. The fraction of sp³-hybridized carbons (Fsp3) is 0.692. The van der Waals surface area contributed by atoms with E-state index in [0.717, 1.165) is 31.5 Å². The van der Waals surface area contributed by atoms with Crippen molar-refractivity contribution in [1.82, 2.24) is 4.90 Å². The molecule has 1 amide bonds. The van der Waals surface area contributed by atoms with Crippen molar-refractivity contribution in [2.75, 3.05) is 11.4 Å². The standard InChI is InChI=1S/C26H40N2O3/c1-3-27(21-12-8-5-4-6-9-13-21)23-17-16-20(2)24(18-23)28(25(29)19-26(30)31)22-14-10-7-11-15-22/h7,10-11,14-15,20-21,23-24H,3-6,8-9,12-13,16-19H2,1-2H3,(H,30,31). The number of amides is 1. The minimum atomic E-state index is -1.06. The van der Waals surface area contributed by atoms with Gasteiger partial charge in [0.05, 0.1) is 0 Å². The molecule has 31 heavy (non-hydrogen) atoms. The summed E-state index contributed by atoms with van der Waals surface area (Å²) in [6.07, 6.45) is 12.0. The fourth-order valence-corrected chi connectivity index (χ4v) is 5.84. The summed E-state index contributed by atoms with van der Waals surface area (Å²) < 4.78 is 0. The van der Waals surface area contributed by atoms with Crippen LogP contribution in [-0.2, 0) is 9.59 Å². The number of benzene rings is 1. The Morgan fingerprint density at radius 3 is 2.19 bits per heavy atom. The minimum absolute atomic E-state index is 0.0376. The number of hydrogen-bond donors (Lipinski definition) is 1. The molecule has 0 saturated heterocycles. The molecule has 0 bridgehead atoms. The Hall–Kier alpha value is -1.88. The first-order chi connectivity index (χ1) is 15.0. The van der Waals surface area contributed by atoms with E-state index in [0.29, 0.717) is 18.0 Å².